The highest BCUT2D eigenvalue weighted by Gasteiger charge is 2.23. The van der Waals surface area contributed by atoms with E-state index in [-0.39, 0.29) is 11.7 Å². The fourth-order valence-corrected chi connectivity index (χ4v) is 5.04. The quantitative estimate of drug-likeness (QED) is 0.386. The largest absolute Gasteiger partial charge is 0.368 e. The molecule has 5 rings (SSSR count). The Morgan fingerprint density at radius 3 is 2.50 bits per heavy atom. The first-order valence-electron chi connectivity index (χ1n) is 10.2. The average Bonchev–Trinajstić information content (AvgIpc) is 3.38. The molecule has 32 heavy (non-hydrogen) atoms. The first kappa shape index (κ1) is 21.2. The molecule has 1 aliphatic rings. The molecule has 0 atom stereocenters. The van der Waals surface area contributed by atoms with Crippen molar-refractivity contribution in [3.63, 3.8) is 0 Å². The van der Waals surface area contributed by atoms with Crippen LogP contribution in [0.25, 0.3) is 16.2 Å². The Bertz CT molecular complexity index is 1280. The van der Waals surface area contributed by atoms with Crippen LogP contribution in [0.15, 0.2) is 54.0 Å². The number of carbonyl (C=O) groups excluding carboxylic acids is 1. The van der Waals surface area contributed by atoms with Crippen molar-refractivity contribution < 1.29 is 9.18 Å². The van der Waals surface area contributed by atoms with Gasteiger partial charge in [0.1, 0.15) is 5.82 Å². The lowest BCUT2D eigenvalue weighted by Gasteiger charge is -2.36. The molecule has 1 fully saturated rings. The van der Waals surface area contributed by atoms with Gasteiger partial charge in [-0.05, 0) is 42.5 Å². The lowest BCUT2D eigenvalue weighted by atomic mass is 10.2. The van der Waals surface area contributed by atoms with Gasteiger partial charge in [0, 0.05) is 54.7 Å². The first-order valence-corrected chi connectivity index (χ1v) is 11.8. The van der Waals surface area contributed by atoms with Crippen LogP contribution >= 0.6 is 34.5 Å². The fraction of sp³-hybridized carbons (Fsp3) is 0.217. The SMILES string of the molecule is O=C(Cc1csc2nc(-c3ccc(F)cc3)cn12)N1CCN(c2ccc(Cl)c(Cl)c2)CC1. The molecule has 1 saturated heterocycles. The minimum absolute atomic E-state index is 0.0931. The normalized spacial score (nSPS) is 14.3. The molecule has 3 heterocycles. The van der Waals surface area contributed by atoms with E-state index in [4.69, 9.17) is 23.2 Å². The number of aromatic nitrogens is 2. The highest BCUT2D eigenvalue weighted by molar-refractivity contribution is 7.15. The van der Waals surface area contributed by atoms with Gasteiger partial charge in [-0.25, -0.2) is 9.37 Å². The number of hydrogen-bond donors (Lipinski definition) is 0. The maximum Gasteiger partial charge on any atom is 0.228 e. The minimum atomic E-state index is -0.277. The van der Waals surface area contributed by atoms with Gasteiger partial charge in [-0.2, -0.15) is 0 Å². The molecule has 164 valence electrons. The maximum atomic E-state index is 13.2. The Morgan fingerprint density at radius 1 is 1.03 bits per heavy atom. The second-order valence-corrected chi connectivity index (χ2v) is 9.31. The molecule has 0 N–H and O–H groups in total. The summed E-state index contributed by atoms with van der Waals surface area (Å²) in [5, 5.41) is 3.04. The van der Waals surface area contributed by atoms with Gasteiger partial charge in [0.25, 0.3) is 0 Å². The topological polar surface area (TPSA) is 40.9 Å². The first-order chi connectivity index (χ1) is 15.5. The standard InChI is InChI=1S/C23H19Cl2FN4OS/c24-19-6-5-17(11-20(19)25)28-7-9-29(10-8-28)22(31)12-18-14-32-23-27-21(13-30(18)23)15-1-3-16(26)4-2-15/h1-6,11,13-14H,7-10,12H2. The van der Waals surface area contributed by atoms with Crippen molar-refractivity contribution in [1.82, 2.24) is 14.3 Å². The van der Waals surface area contributed by atoms with Crippen molar-refractivity contribution in [2.24, 2.45) is 0 Å². The van der Waals surface area contributed by atoms with E-state index < -0.39 is 0 Å². The molecule has 0 bridgehead atoms. The fourth-order valence-electron chi connectivity index (χ4n) is 3.88. The predicted octanol–water partition coefficient (Wildman–Crippen LogP) is 5.40. The predicted molar refractivity (Wildman–Crippen MR) is 127 cm³/mol. The number of fused-ring (bicyclic) bond motifs is 1. The number of piperazine rings is 1. The third-order valence-electron chi connectivity index (χ3n) is 5.66. The number of rotatable bonds is 4. The Balaban J connectivity index is 1.25. The summed E-state index contributed by atoms with van der Waals surface area (Å²) < 4.78 is 15.2. The monoisotopic (exact) mass is 488 g/mol. The number of amides is 1. The summed E-state index contributed by atoms with van der Waals surface area (Å²) >= 11 is 13.6. The molecule has 1 aliphatic heterocycles. The summed E-state index contributed by atoms with van der Waals surface area (Å²) in [5.74, 6) is -0.184. The van der Waals surface area contributed by atoms with Crippen molar-refractivity contribution in [3.05, 3.63) is 75.6 Å². The number of thiazole rings is 1. The van der Waals surface area contributed by atoms with Crippen LogP contribution in [0.1, 0.15) is 5.69 Å². The van der Waals surface area contributed by atoms with Gasteiger partial charge in [-0.1, -0.05) is 23.2 Å². The second kappa shape index (κ2) is 8.73. The van der Waals surface area contributed by atoms with Crippen LogP contribution in [0.2, 0.25) is 10.0 Å². The molecule has 2 aromatic heterocycles. The molecule has 0 radical (unpaired) electrons. The number of hydrogen-bond acceptors (Lipinski definition) is 4. The Hall–Kier alpha value is -2.61. The molecule has 4 aromatic rings. The second-order valence-electron chi connectivity index (χ2n) is 7.66. The molecule has 0 saturated carbocycles. The van der Waals surface area contributed by atoms with E-state index in [9.17, 15) is 9.18 Å². The number of anilines is 1. The smallest absolute Gasteiger partial charge is 0.228 e. The van der Waals surface area contributed by atoms with Gasteiger partial charge in [0.15, 0.2) is 4.96 Å². The van der Waals surface area contributed by atoms with Crippen LogP contribution < -0.4 is 4.90 Å². The Morgan fingerprint density at radius 2 is 1.78 bits per heavy atom. The van der Waals surface area contributed by atoms with E-state index in [0.29, 0.717) is 29.6 Å². The van der Waals surface area contributed by atoms with Crippen molar-refractivity contribution in [1.29, 1.82) is 0 Å². The van der Waals surface area contributed by atoms with Gasteiger partial charge in [-0.15, -0.1) is 11.3 Å². The summed E-state index contributed by atoms with van der Waals surface area (Å²) in [5.41, 5.74) is 3.53. The van der Waals surface area contributed by atoms with Crippen molar-refractivity contribution >= 4 is 51.1 Å². The van der Waals surface area contributed by atoms with Crippen molar-refractivity contribution in [2.75, 3.05) is 31.1 Å². The third kappa shape index (κ3) is 4.20. The van der Waals surface area contributed by atoms with E-state index in [2.05, 4.69) is 9.88 Å². The zero-order valence-electron chi connectivity index (χ0n) is 17.0. The lowest BCUT2D eigenvalue weighted by molar-refractivity contribution is -0.130. The minimum Gasteiger partial charge on any atom is -0.368 e. The third-order valence-corrected chi connectivity index (χ3v) is 7.28. The Labute approximate surface area is 198 Å². The van der Waals surface area contributed by atoms with E-state index in [1.165, 1.54) is 23.5 Å². The molecule has 0 spiro atoms. The molecule has 5 nitrogen and oxygen atoms in total. The van der Waals surface area contributed by atoms with E-state index in [1.54, 1.807) is 18.2 Å². The molecule has 1 amide bonds. The Kier molecular flexibility index (Phi) is 5.80. The van der Waals surface area contributed by atoms with Gasteiger partial charge in [0.2, 0.25) is 5.91 Å². The molecular weight excluding hydrogens is 470 g/mol. The number of imidazole rings is 1. The van der Waals surface area contributed by atoms with E-state index in [1.807, 2.05) is 33.0 Å². The summed E-state index contributed by atoms with van der Waals surface area (Å²) in [4.78, 5) is 22.5. The highest BCUT2D eigenvalue weighted by Crippen LogP contribution is 2.28. The van der Waals surface area contributed by atoms with Crippen molar-refractivity contribution in [2.45, 2.75) is 6.42 Å². The summed E-state index contributed by atoms with van der Waals surface area (Å²) in [7, 11) is 0. The summed E-state index contributed by atoms with van der Waals surface area (Å²) in [6.45, 7) is 2.78. The summed E-state index contributed by atoms with van der Waals surface area (Å²) in [6, 6.07) is 11.9. The number of benzene rings is 2. The molecule has 2 aromatic carbocycles. The maximum absolute atomic E-state index is 13.2. The molecular formula is C23H19Cl2FN4OS. The van der Waals surface area contributed by atoms with Gasteiger partial charge >= 0.3 is 0 Å². The molecule has 0 unspecified atom stereocenters. The zero-order valence-corrected chi connectivity index (χ0v) is 19.3. The number of halogens is 3. The number of nitrogens with zero attached hydrogens (tertiary/aromatic N) is 4. The summed E-state index contributed by atoms with van der Waals surface area (Å²) in [6.07, 6.45) is 2.22. The van der Waals surface area contributed by atoms with Gasteiger partial charge in [-0.3, -0.25) is 9.20 Å². The van der Waals surface area contributed by atoms with E-state index in [0.717, 1.165) is 40.7 Å². The highest BCUT2D eigenvalue weighted by atomic mass is 35.5. The van der Waals surface area contributed by atoms with Crippen LogP contribution in [0.5, 0.6) is 0 Å². The van der Waals surface area contributed by atoms with Crippen molar-refractivity contribution in [3.8, 4) is 11.3 Å². The van der Waals surface area contributed by atoms with Crippen LogP contribution in [0.4, 0.5) is 10.1 Å². The van der Waals surface area contributed by atoms with E-state index >= 15 is 0 Å². The van der Waals surface area contributed by atoms with Crippen LogP contribution in [-0.4, -0.2) is 46.4 Å². The number of carbonyl (C=O) groups is 1. The average molecular weight is 489 g/mol. The van der Waals surface area contributed by atoms with Crippen LogP contribution in [0, 0.1) is 5.82 Å². The lowest BCUT2D eigenvalue weighted by Crippen LogP contribution is -2.49. The van der Waals surface area contributed by atoms with Crippen LogP contribution in [0.3, 0.4) is 0 Å². The van der Waals surface area contributed by atoms with Gasteiger partial charge in [0.05, 0.1) is 22.2 Å². The molecule has 0 aliphatic carbocycles. The van der Waals surface area contributed by atoms with Gasteiger partial charge < -0.3 is 9.80 Å². The zero-order chi connectivity index (χ0) is 22.2. The molecule has 9 heteroatoms. The van der Waals surface area contributed by atoms with Crippen LogP contribution in [-0.2, 0) is 11.2 Å².